The van der Waals surface area contributed by atoms with Crippen LogP contribution < -0.4 is 9.47 Å². The van der Waals surface area contributed by atoms with Crippen molar-refractivity contribution in [2.24, 2.45) is 0 Å². The number of esters is 1. The molecule has 0 saturated heterocycles. The molecule has 0 aliphatic heterocycles. The van der Waals surface area contributed by atoms with Crippen LogP contribution in [0.15, 0.2) is 36.4 Å². The number of rotatable bonds is 4. The average molecular weight is 319 g/mol. The van der Waals surface area contributed by atoms with Gasteiger partial charge in [-0.3, -0.25) is 0 Å². The van der Waals surface area contributed by atoms with Gasteiger partial charge in [0.1, 0.15) is 11.5 Å². The van der Waals surface area contributed by atoms with Gasteiger partial charge in [-0.05, 0) is 54.3 Å². The Morgan fingerprint density at radius 2 is 1.91 bits per heavy atom. The zero-order valence-electron chi connectivity index (χ0n) is 13.1. The second-order valence-corrected chi connectivity index (χ2v) is 5.82. The lowest BCUT2D eigenvalue weighted by Crippen LogP contribution is -2.10. The van der Waals surface area contributed by atoms with Gasteiger partial charge in [0.05, 0.1) is 12.7 Å². The molecule has 0 fully saturated rings. The maximum atomic E-state index is 12.3. The van der Waals surface area contributed by atoms with Crippen molar-refractivity contribution in [2.75, 3.05) is 7.11 Å². The largest absolute Gasteiger partial charge is 0.497 e. The standard InChI is InChI=1S/C18H19ClO3/c1-11(2)15-10-16(19)12(3)8-17(15)22-18(20)13-6-5-7-14(9-13)21-4/h5-11H,1-4H3. The second kappa shape index (κ2) is 6.84. The molecule has 0 amide bonds. The summed E-state index contributed by atoms with van der Waals surface area (Å²) in [5.41, 5.74) is 2.23. The van der Waals surface area contributed by atoms with Gasteiger partial charge < -0.3 is 9.47 Å². The quantitative estimate of drug-likeness (QED) is 0.588. The molecule has 0 spiro atoms. The molecular formula is C18H19ClO3. The first kappa shape index (κ1) is 16.4. The fourth-order valence-corrected chi connectivity index (χ4v) is 2.29. The maximum Gasteiger partial charge on any atom is 0.343 e. The smallest absolute Gasteiger partial charge is 0.343 e. The minimum absolute atomic E-state index is 0.200. The summed E-state index contributed by atoms with van der Waals surface area (Å²) in [6.45, 7) is 5.95. The molecule has 2 rings (SSSR count). The molecular weight excluding hydrogens is 300 g/mol. The van der Waals surface area contributed by atoms with Crippen molar-refractivity contribution < 1.29 is 14.3 Å². The van der Waals surface area contributed by atoms with Crippen LogP contribution >= 0.6 is 11.6 Å². The summed E-state index contributed by atoms with van der Waals surface area (Å²) in [5.74, 6) is 0.948. The predicted octanol–water partition coefficient (Wildman–Crippen LogP) is 5.00. The zero-order chi connectivity index (χ0) is 16.3. The molecule has 22 heavy (non-hydrogen) atoms. The molecule has 4 heteroatoms. The van der Waals surface area contributed by atoms with E-state index in [-0.39, 0.29) is 5.92 Å². The van der Waals surface area contributed by atoms with Gasteiger partial charge in [0.15, 0.2) is 0 Å². The Morgan fingerprint density at radius 3 is 2.55 bits per heavy atom. The molecule has 0 bridgehead atoms. The summed E-state index contributed by atoms with van der Waals surface area (Å²) >= 11 is 6.17. The van der Waals surface area contributed by atoms with Crippen molar-refractivity contribution in [3.8, 4) is 11.5 Å². The fourth-order valence-electron chi connectivity index (χ4n) is 2.12. The van der Waals surface area contributed by atoms with Crippen LogP contribution in [0.2, 0.25) is 5.02 Å². The summed E-state index contributed by atoms with van der Waals surface area (Å²) in [4.78, 5) is 12.3. The highest BCUT2D eigenvalue weighted by atomic mass is 35.5. The molecule has 0 radical (unpaired) electrons. The highest BCUT2D eigenvalue weighted by Gasteiger charge is 2.16. The molecule has 0 heterocycles. The van der Waals surface area contributed by atoms with E-state index >= 15 is 0 Å². The SMILES string of the molecule is COc1cccc(C(=O)Oc2cc(C)c(Cl)cc2C(C)C)c1. The van der Waals surface area contributed by atoms with Crippen molar-refractivity contribution >= 4 is 17.6 Å². The molecule has 0 aliphatic rings. The Bertz CT molecular complexity index is 693. The number of carbonyl (C=O) groups excluding carboxylic acids is 1. The van der Waals surface area contributed by atoms with E-state index in [2.05, 4.69) is 0 Å². The van der Waals surface area contributed by atoms with Crippen LogP contribution in [0.1, 0.15) is 41.3 Å². The normalized spacial score (nSPS) is 10.6. The minimum Gasteiger partial charge on any atom is -0.497 e. The second-order valence-electron chi connectivity index (χ2n) is 5.42. The summed E-state index contributed by atoms with van der Waals surface area (Å²) < 4.78 is 10.7. The number of benzene rings is 2. The Kier molecular flexibility index (Phi) is 5.09. The lowest BCUT2D eigenvalue weighted by Gasteiger charge is -2.15. The Hall–Kier alpha value is -2.00. The molecule has 0 N–H and O–H groups in total. The first-order valence-corrected chi connectivity index (χ1v) is 7.46. The summed E-state index contributed by atoms with van der Waals surface area (Å²) in [6.07, 6.45) is 0. The fraction of sp³-hybridized carbons (Fsp3) is 0.278. The van der Waals surface area contributed by atoms with Crippen molar-refractivity contribution in [3.63, 3.8) is 0 Å². The van der Waals surface area contributed by atoms with Crippen LogP contribution in [0, 0.1) is 6.92 Å². The summed E-state index contributed by atoms with van der Waals surface area (Å²) in [6, 6.07) is 10.5. The molecule has 0 aromatic heterocycles. The number of methoxy groups -OCH3 is 1. The van der Waals surface area contributed by atoms with Crippen LogP contribution in [0.4, 0.5) is 0 Å². The van der Waals surface area contributed by atoms with E-state index in [1.165, 1.54) is 0 Å². The van der Waals surface area contributed by atoms with Crippen molar-refractivity contribution in [1.82, 2.24) is 0 Å². The van der Waals surface area contributed by atoms with Crippen molar-refractivity contribution in [3.05, 3.63) is 58.1 Å². The Balaban J connectivity index is 2.33. The molecule has 116 valence electrons. The van der Waals surface area contributed by atoms with Gasteiger partial charge in [0.2, 0.25) is 0 Å². The van der Waals surface area contributed by atoms with Crippen LogP contribution in [0.25, 0.3) is 0 Å². The van der Waals surface area contributed by atoms with E-state index < -0.39 is 5.97 Å². The highest BCUT2D eigenvalue weighted by Crippen LogP contribution is 2.32. The monoisotopic (exact) mass is 318 g/mol. The van der Waals surface area contributed by atoms with Gasteiger partial charge in [0, 0.05) is 5.02 Å². The number of carbonyl (C=O) groups is 1. The van der Waals surface area contributed by atoms with Gasteiger partial charge in [-0.1, -0.05) is 31.5 Å². The predicted molar refractivity (Wildman–Crippen MR) is 88.2 cm³/mol. The van der Waals surface area contributed by atoms with Crippen molar-refractivity contribution in [1.29, 1.82) is 0 Å². The van der Waals surface area contributed by atoms with Crippen LogP contribution in [0.5, 0.6) is 11.5 Å². The van der Waals surface area contributed by atoms with E-state index in [0.717, 1.165) is 11.1 Å². The molecule has 3 nitrogen and oxygen atoms in total. The van der Waals surface area contributed by atoms with Gasteiger partial charge >= 0.3 is 5.97 Å². The van der Waals surface area contributed by atoms with Gasteiger partial charge in [-0.15, -0.1) is 0 Å². The number of hydrogen-bond acceptors (Lipinski definition) is 3. The number of aryl methyl sites for hydroxylation is 1. The van der Waals surface area contributed by atoms with E-state index in [4.69, 9.17) is 21.1 Å². The van der Waals surface area contributed by atoms with Gasteiger partial charge in [-0.25, -0.2) is 4.79 Å². The molecule has 0 saturated carbocycles. The molecule has 0 unspecified atom stereocenters. The molecule has 2 aromatic carbocycles. The molecule has 0 aliphatic carbocycles. The lowest BCUT2D eigenvalue weighted by molar-refractivity contribution is 0.0732. The van der Waals surface area contributed by atoms with E-state index in [9.17, 15) is 4.79 Å². The minimum atomic E-state index is -0.414. The van der Waals surface area contributed by atoms with Gasteiger partial charge in [-0.2, -0.15) is 0 Å². The Morgan fingerprint density at radius 1 is 1.18 bits per heavy atom. The van der Waals surface area contributed by atoms with Crippen LogP contribution in [-0.2, 0) is 0 Å². The van der Waals surface area contributed by atoms with Crippen LogP contribution in [-0.4, -0.2) is 13.1 Å². The number of hydrogen-bond donors (Lipinski definition) is 0. The van der Waals surface area contributed by atoms with E-state index in [1.807, 2.05) is 26.8 Å². The molecule has 0 atom stereocenters. The van der Waals surface area contributed by atoms with Crippen molar-refractivity contribution in [2.45, 2.75) is 26.7 Å². The third kappa shape index (κ3) is 3.60. The highest BCUT2D eigenvalue weighted by molar-refractivity contribution is 6.31. The van der Waals surface area contributed by atoms with Crippen LogP contribution in [0.3, 0.4) is 0 Å². The average Bonchev–Trinajstić information content (AvgIpc) is 2.50. The number of ether oxygens (including phenoxy) is 2. The zero-order valence-corrected chi connectivity index (χ0v) is 13.9. The number of halogens is 1. The summed E-state index contributed by atoms with van der Waals surface area (Å²) in [5, 5.41) is 0.671. The first-order chi connectivity index (χ1) is 10.4. The van der Waals surface area contributed by atoms with Gasteiger partial charge in [0.25, 0.3) is 0 Å². The molecule has 2 aromatic rings. The van der Waals surface area contributed by atoms with E-state index in [0.29, 0.717) is 22.1 Å². The summed E-state index contributed by atoms with van der Waals surface area (Å²) in [7, 11) is 1.56. The third-order valence-corrected chi connectivity index (χ3v) is 3.83. The lowest BCUT2D eigenvalue weighted by atomic mass is 10.0. The topological polar surface area (TPSA) is 35.5 Å². The first-order valence-electron chi connectivity index (χ1n) is 7.08. The van der Waals surface area contributed by atoms with E-state index in [1.54, 1.807) is 37.4 Å². The third-order valence-electron chi connectivity index (χ3n) is 3.42. The maximum absolute atomic E-state index is 12.3. The Labute approximate surface area is 135 Å².